The Hall–Kier alpha value is -1.85. The van der Waals surface area contributed by atoms with Crippen LogP contribution in [-0.2, 0) is 4.79 Å². The van der Waals surface area contributed by atoms with E-state index >= 15 is 0 Å². The van der Waals surface area contributed by atoms with E-state index in [9.17, 15) is 0 Å². The van der Waals surface area contributed by atoms with Crippen LogP contribution in [0.1, 0.15) is 11.1 Å². The van der Waals surface area contributed by atoms with E-state index in [2.05, 4.69) is 29.3 Å². The summed E-state index contributed by atoms with van der Waals surface area (Å²) in [7, 11) is 0. The molecule has 0 spiro atoms. The Bertz CT molecular complexity index is 670. The molecule has 0 bridgehead atoms. The van der Waals surface area contributed by atoms with Gasteiger partial charge in [0.1, 0.15) is 5.82 Å². The summed E-state index contributed by atoms with van der Waals surface area (Å²) in [6.07, 6.45) is 0. The smallest absolute Gasteiger partial charge is 0.290 e. The molecule has 0 atom stereocenters. The molecule has 2 N–H and O–H groups in total. The Morgan fingerprint density at radius 1 is 1.23 bits per heavy atom. The van der Waals surface area contributed by atoms with E-state index in [0.717, 1.165) is 48.1 Å². The molecule has 6 heteroatoms. The van der Waals surface area contributed by atoms with E-state index in [-0.39, 0.29) is 6.47 Å². The van der Waals surface area contributed by atoms with Gasteiger partial charge in [0.25, 0.3) is 6.47 Å². The fourth-order valence-corrected chi connectivity index (χ4v) is 2.72. The molecule has 3 rings (SSSR count). The third kappa shape index (κ3) is 3.67. The maximum absolute atomic E-state index is 8.36. The second-order valence-electron chi connectivity index (χ2n) is 5.26. The summed E-state index contributed by atoms with van der Waals surface area (Å²) in [5.74, 6) is 1.06. The van der Waals surface area contributed by atoms with Crippen molar-refractivity contribution in [2.75, 3.05) is 31.1 Å². The van der Waals surface area contributed by atoms with Gasteiger partial charge in [-0.05, 0) is 43.2 Å². The van der Waals surface area contributed by atoms with Gasteiger partial charge >= 0.3 is 0 Å². The SMILES string of the molecule is Cc1cc2c(C)cc(N3CCNCC3)nc2cc1Cl.O=CO. The van der Waals surface area contributed by atoms with Gasteiger partial charge in [-0.25, -0.2) is 4.98 Å². The van der Waals surface area contributed by atoms with Crippen LogP contribution < -0.4 is 10.2 Å². The van der Waals surface area contributed by atoms with Crippen molar-refractivity contribution in [1.82, 2.24) is 10.3 Å². The minimum absolute atomic E-state index is 0.250. The van der Waals surface area contributed by atoms with E-state index in [1.807, 2.05) is 13.0 Å². The van der Waals surface area contributed by atoms with Crippen molar-refractivity contribution >= 4 is 34.8 Å². The lowest BCUT2D eigenvalue weighted by molar-refractivity contribution is -0.122. The summed E-state index contributed by atoms with van der Waals surface area (Å²) in [5.41, 5.74) is 3.36. The number of anilines is 1. The topological polar surface area (TPSA) is 65.5 Å². The molecular formula is C16H20ClN3O2. The number of benzene rings is 1. The highest BCUT2D eigenvalue weighted by molar-refractivity contribution is 6.32. The van der Waals surface area contributed by atoms with Gasteiger partial charge < -0.3 is 15.3 Å². The van der Waals surface area contributed by atoms with E-state index in [1.54, 1.807) is 0 Å². The summed E-state index contributed by atoms with van der Waals surface area (Å²) in [6, 6.07) is 6.29. The summed E-state index contributed by atoms with van der Waals surface area (Å²) in [5, 5.41) is 12.2. The number of fused-ring (bicyclic) bond motifs is 1. The first kappa shape index (κ1) is 16.5. The van der Waals surface area contributed by atoms with Crippen molar-refractivity contribution in [2.45, 2.75) is 13.8 Å². The maximum Gasteiger partial charge on any atom is 0.290 e. The van der Waals surface area contributed by atoms with Crippen LogP contribution in [0.3, 0.4) is 0 Å². The third-order valence-corrected chi connectivity index (χ3v) is 4.13. The quantitative estimate of drug-likeness (QED) is 0.790. The molecule has 0 saturated carbocycles. The van der Waals surface area contributed by atoms with Crippen LogP contribution in [0.15, 0.2) is 18.2 Å². The van der Waals surface area contributed by atoms with Crippen molar-refractivity contribution < 1.29 is 9.90 Å². The lowest BCUT2D eigenvalue weighted by Gasteiger charge is -2.29. The van der Waals surface area contributed by atoms with Crippen LogP contribution in [-0.4, -0.2) is 42.7 Å². The highest BCUT2D eigenvalue weighted by Gasteiger charge is 2.13. The van der Waals surface area contributed by atoms with E-state index in [0.29, 0.717) is 0 Å². The lowest BCUT2D eigenvalue weighted by Crippen LogP contribution is -2.43. The molecule has 118 valence electrons. The number of nitrogens with zero attached hydrogens (tertiary/aromatic N) is 2. The zero-order valence-electron chi connectivity index (χ0n) is 12.8. The molecular weight excluding hydrogens is 302 g/mol. The van der Waals surface area contributed by atoms with Crippen LogP contribution in [0.5, 0.6) is 0 Å². The van der Waals surface area contributed by atoms with Crippen molar-refractivity contribution in [2.24, 2.45) is 0 Å². The predicted molar refractivity (Wildman–Crippen MR) is 90.0 cm³/mol. The molecule has 0 radical (unpaired) electrons. The number of halogens is 1. The average Bonchev–Trinajstić information content (AvgIpc) is 2.51. The summed E-state index contributed by atoms with van der Waals surface area (Å²) < 4.78 is 0. The lowest BCUT2D eigenvalue weighted by atomic mass is 10.1. The first-order chi connectivity index (χ1) is 10.6. The van der Waals surface area contributed by atoms with Crippen molar-refractivity contribution in [3.8, 4) is 0 Å². The van der Waals surface area contributed by atoms with Gasteiger partial charge in [0.2, 0.25) is 0 Å². The fourth-order valence-electron chi connectivity index (χ4n) is 2.56. The normalized spacial score (nSPS) is 14.4. The number of aryl methyl sites for hydroxylation is 2. The molecule has 0 amide bonds. The van der Waals surface area contributed by atoms with Crippen molar-refractivity contribution in [3.05, 3.63) is 34.3 Å². The number of rotatable bonds is 1. The zero-order chi connectivity index (χ0) is 16.1. The summed E-state index contributed by atoms with van der Waals surface area (Å²) in [6.45, 7) is 7.99. The molecule has 2 heterocycles. The standard InChI is InChI=1S/C15H18ClN3.CH2O2/c1-10-8-15(19-5-3-17-4-6-19)18-14-9-13(16)11(2)7-12(10)14;2-1-3/h7-9,17H,3-6H2,1-2H3;1H,(H,2,3). The second kappa shape index (κ2) is 7.42. The van der Waals surface area contributed by atoms with Gasteiger partial charge in [0, 0.05) is 36.6 Å². The number of pyridine rings is 1. The Balaban J connectivity index is 0.000000545. The number of hydrogen-bond donors (Lipinski definition) is 2. The molecule has 1 saturated heterocycles. The number of piperazine rings is 1. The number of carbonyl (C=O) groups is 1. The number of carboxylic acid groups (broad SMARTS) is 1. The van der Waals surface area contributed by atoms with Crippen LogP contribution in [0.2, 0.25) is 5.02 Å². The average molecular weight is 322 g/mol. The van der Waals surface area contributed by atoms with Crippen LogP contribution in [0.25, 0.3) is 10.9 Å². The van der Waals surface area contributed by atoms with Gasteiger partial charge in [-0.3, -0.25) is 4.79 Å². The monoisotopic (exact) mass is 321 g/mol. The number of aromatic nitrogens is 1. The molecule has 22 heavy (non-hydrogen) atoms. The Morgan fingerprint density at radius 2 is 1.86 bits per heavy atom. The molecule has 1 aromatic heterocycles. The van der Waals surface area contributed by atoms with Gasteiger partial charge in [-0.1, -0.05) is 11.6 Å². The first-order valence-corrected chi connectivity index (χ1v) is 7.55. The van der Waals surface area contributed by atoms with Crippen molar-refractivity contribution in [3.63, 3.8) is 0 Å². The third-order valence-electron chi connectivity index (χ3n) is 3.72. The van der Waals surface area contributed by atoms with Gasteiger partial charge in [0.05, 0.1) is 5.52 Å². The minimum Gasteiger partial charge on any atom is -0.483 e. The Labute approximate surface area is 134 Å². The van der Waals surface area contributed by atoms with E-state index < -0.39 is 0 Å². The summed E-state index contributed by atoms with van der Waals surface area (Å²) >= 11 is 6.21. The molecule has 1 aliphatic rings. The Kier molecular flexibility index (Phi) is 5.57. The molecule has 1 aromatic carbocycles. The first-order valence-electron chi connectivity index (χ1n) is 7.18. The molecule has 1 aliphatic heterocycles. The van der Waals surface area contributed by atoms with Gasteiger partial charge in [-0.15, -0.1) is 0 Å². The molecule has 0 aliphatic carbocycles. The van der Waals surface area contributed by atoms with Crippen LogP contribution in [0.4, 0.5) is 5.82 Å². The highest BCUT2D eigenvalue weighted by Crippen LogP contribution is 2.27. The molecule has 0 unspecified atom stereocenters. The fraction of sp³-hybridized carbons (Fsp3) is 0.375. The second-order valence-corrected chi connectivity index (χ2v) is 5.67. The Morgan fingerprint density at radius 3 is 2.50 bits per heavy atom. The zero-order valence-corrected chi connectivity index (χ0v) is 13.5. The molecule has 5 nitrogen and oxygen atoms in total. The number of nitrogens with one attached hydrogen (secondary N) is 1. The van der Waals surface area contributed by atoms with E-state index in [4.69, 9.17) is 26.5 Å². The largest absolute Gasteiger partial charge is 0.483 e. The van der Waals surface area contributed by atoms with E-state index in [1.165, 1.54) is 10.9 Å². The predicted octanol–water partition coefficient (Wildman–Crippen LogP) is 2.62. The van der Waals surface area contributed by atoms with Crippen molar-refractivity contribution in [1.29, 1.82) is 0 Å². The minimum atomic E-state index is -0.250. The molecule has 1 fully saturated rings. The maximum atomic E-state index is 8.36. The van der Waals surface area contributed by atoms with Gasteiger partial charge in [-0.2, -0.15) is 0 Å². The van der Waals surface area contributed by atoms with Crippen LogP contribution in [0, 0.1) is 13.8 Å². The molecule has 2 aromatic rings. The number of hydrogen-bond acceptors (Lipinski definition) is 4. The van der Waals surface area contributed by atoms with Crippen LogP contribution >= 0.6 is 11.6 Å². The highest BCUT2D eigenvalue weighted by atomic mass is 35.5. The van der Waals surface area contributed by atoms with Gasteiger partial charge in [0.15, 0.2) is 0 Å². The summed E-state index contributed by atoms with van der Waals surface area (Å²) in [4.78, 5) is 15.5.